The number of allylic oxidation sites excluding steroid dienone is 6. The molecule has 0 aromatic carbocycles. The fraction of sp³-hybridized carbons (Fsp3) is 0.500. The van der Waals surface area contributed by atoms with Crippen LogP contribution in [0.4, 0.5) is 0 Å². The van der Waals surface area contributed by atoms with Gasteiger partial charge in [-0.15, -0.1) is 5.73 Å². The molecule has 0 fully saturated rings. The maximum Gasteiger partial charge on any atom is 0.336 e. The van der Waals surface area contributed by atoms with E-state index in [9.17, 15) is 4.79 Å². The lowest BCUT2D eigenvalue weighted by Crippen LogP contribution is -1.83. The van der Waals surface area contributed by atoms with E-state index in [1.165, 1.54) is 25.7 Å². The van der Waals surface area contributed by atoms with E-state index in [0.29, 0.717) is 0 Å². The molecule has 0 aromatic heterocycles. The minimum Gasteiger partial charge on any atom is -0.478 e. The molecule has 0 atom stereocenters. The summed E-state index contributed by atoms with van der Waals surface area (Å²) in [6, 6.07) is 0. The first-order valence-corrected chi connectivity index (χ1v) is 8.36. The lowest BCUT2D eigenvalue weighted by atomic mass is 10.2. The van der Waals surface area contributed by atoms with Gasteiger partial charge >= 0.3 is 5.97 Å². The molecule has 0 saturated carbocycles. The number of unbranched alkanes of at least 4 members (excludes halogenated alkanes) is 5. The maximum atomic E-state index is 10.2. The quantitative estimate of drug-likeness (QED) is 0.196. The van der Waals surface area contributed by atoms with Gasteiger partial charge in [-0.2, -0.15) is 0 Å². The Labute approximate surface area is 135 Å². The van der Waals surface area contributed by atoms with Gasteiger partial charge in [0.25, 0.3) is 0 Å². The summed E-state index contributed by atoms with van der Waals surface area (Å²) in [5, 5.41) is 8.38. The van der Waals surface area contributed by atoms with E-state index in [0.717, 1.165) is 38.2 Å². The third kappa shape index (κ3) is 18.2. The second-order valence-corrected chi connectivity index (χ2v) is 5.17. The number of aliphatic carboxylic acids is 1. The third-order valence-electron chi connectivity index (χ3n) is 3.06. The third-order valence-corrected chi connectivity index (χ3v) is 3.06. The molecule has 0 rings (SSSR count). The molecular weight excluding hydrogens is 272 g/mol. The summed E-state index contributed by atoms with van der Waals surface area (Å²) in [5.74, 6) is -0.946. The van der Waals surface area contributed by atoms with Crippen LogP contribution in [0, 0.1) is 0 Å². The molecule has 2 heteroatoms. The first kappa shape index (κ1) is 20.2. The van der Waals surface area contributed by atoms with Crippen molar-refractivity contribution in [3.8, 4) is 0 Å². The fourth-order valence-corrected chi connectivity index (χ4v) is 1.84. The Kier molecular flexibility index (Phi) is 15.9. The fourth-order valence-electron chi connectivity index (χ4n) is 1.84. The van der Waals surface area contributed by atoms with E-state index in [1.54, 1.807) is 6.08 Å². The molecular formula is C20H30O2. The van der Waals surface area contributed by atoms with Gasteiger partial charge in [-0.3, -0.25) is 0 Å². The molecule has 0 unspecified atom stereocenters. The van der Waals surface area contributed by atoms with Crippen molar-refractivity contribution < 1.29 is 9.90 Å². The molecule has 0 amide bonds. The van der Waals surface area contributed by atoms with Crippen LogP contribution >= 0.6 is 0 Å². The summed E-state index contributed by atoms with van der Waals surface area (Å²) in [4.78, 5) is 10.2. The molecule has 0 aliphatic heterocycles. The van der Waals surface area contributed by atoms with Crippen LogP contribution in [-0.2, 0) is 4.79 Å². The summed E-state index contributed by atoms with van der Waals surface area (Å²) in [7, 11) is 0. The smallest absolute Gasteiger partial charge is 0.336 e. The number of carboxylic acids is 1. The number of carbonyl (C=O) groups is 1. The van der Waals surface area contributed by atoms with Gasteiger partial charge in [0.1, 0.15) is 0 Å². The zero-order valence-electron chi connectivity index (χ0n) is 13.8. The molecule has 0 spiro atoms. The predicted octanol–water partition coefficient (Wildman–Crippen LogP) is 5.98. The van der Waals surface area contributed by atoms with Gasteiger partial charge in [0.05, 0.1) is 6.08 Å². The van der Waals surface area contributed by atoms with Gasteiger partial charge in [0.2, 0.25) is 0 Å². The standard InChI is InChI=1S/C20H30O2/c1-2-3-4-5-6-7-8-9-10-11-12-13-14-15-16-17-18-19-20(21)22/h6-7,9-10,12-13,17,19H,2-5,8,11,14-16H2,1H3,(H,21,22)/b7-6-,10-9-,13-12-. The molecule has 0 aliphatic carbocycles. The highest BCUT2D eigenvalue weighted by Crippen LogP contribution is 2.01. The molecule has 0 aliphatic rings. The highest BCUT2D eigenvalue weighted by molar-refractivity contribution is 5.79. The molecule has 2 nitrogen and oxygen atoms in total. The second kappa shape index (κ2) is 17.3. The van der Waals surface area contributed by atoms with Crippen molar-refractivity contribution in [2.24, 2.45) is 0 Å². The Hall–Kier alpha value is -1.79. The average molecular weight is 302 g/mol. The Bertz CT molecular complexity index is 407. The van der Waals surface area contributed by atoms with E-state index in [-0.39, 0.29) is 0 Å². The van der Waals surface area contributed by atoms with Crippen LogP contribution < -0.4 is 0 Å². The highest BCUT2D eigenvalue weighted by Gasteiger charge is 1.82. The monoisotopic (exact) mass is 302 g/mol. The molecule has 0 saturated heterocycles. The molecule has 122 valence electrons. The van der Waals surface area contributed by atoms with Crippen molar-refractivity contribution in [1.82, 2.24) is 0 Å². The van der Waals surface area contributed by atoms with Crippen molar-refractivity contribution in [2.75, 3.05) is 0 Å². The molecule has 0 bridgehead atoms. The molecule has 0 heterocycles. The van der Waals surface area contributed by atoms with Crippen molar-refractivity contribution in [3.63, 3.8) is 0 Å². The van der Waals surface area contributed by atoms with Gasteiger partial charge in [-0.25, -0.2) is 4.79 Å². The summed E-state index contributed by atoms with van der Waals surface area (Å²) in [6.07, 6.45) is 26.2. The van der Waals surface area contributed by atoms with Crippen molar-refractivity contribution >= 4 is 5.97 Å². The minimum absolute atomic E-state index is 0.868. The van der Waals surface area contributed by atoms with Gasteiger partial charge in [0, 0.05) is 0 Å². The number of carboxylic acid groups (broad SMARTS) is 1. The Balaban J connectivity index is 3.45. The van der Waals surface area contributed by atoms with Gasteiger partial charge in [-0.05, 0) is 51.0 Å². The summed E-state index contributed by atoms with van der Waals surface area (Å²) in [5.41, 5.74) is 2.64. The maximum absolute atomic E-state index is 10.2. The summed E-state index contributed by atoms with van der Waals surface area (Å²) < 4.78 is 0. The number of rotatable bonds is 13. The van der Waals surface area contributed by atoms with Crippen LogP contribution in [0.15, 0.2) is 54.3 Å². The first-order chi connectivity index (χ1) is 10.8. The second-order valence-electron chi connectivity index (χ2n) is 5.17. The van der Waals surface area contributed by atoms with Crippen LogP contribution in [-0.4, -0.2) is 11.1 Å². The van der Waals surface area contributed by atoms with E-state index in [2.05, 4.69) is 49.1 Å². The van der Waals surface area contributed by atoms with Crippen molar-refractivity contribution in [1.29, 1.82) is 0 Å². The van der Waals surface area contributed by atoms with Crippen molar-refractivity contribution in [2.45, 2.75) is 64.7 Å². The Morgan fingerprint density at radius 3 is 2.05 bits per heavy atom. The number of hydrogen-bond donors (Lipinski definition) is 1. The SMILES string of the molecule is CCCCC/C=C\C/C=C\C/C=C\CCCC=C=CC(=O)O. The topological polar surface area (TPSA) is 37.3 Å². The van der Waals surface area contributed by atoms with Crippen molar-refractivity contribution in [3.05, 3.63) is 54.3 Å². The lowest BCUT2D eigenvalue weighted by Gasteiger charge is -1.90. The molecule has 1 N–H and O–H groups in total. The van der Waals surface area contributed by atoms with Crippen LogP contribution in [0.1, 0.15) is 64.7 Å². The van der Waals surface area contributed by atoms with Crippen LogP contribution in [0.3, 0.4) is 0 Å². The van der Waals surface area contributed by atoms with E-state index < -0.39 is 5.97 Å². The molecule has 0 radical (unpaired) electrons. The summed E-state index contributed by atoms with van der Waals surface area (Å²) in [6.45, 7) is 2.23. The Morgan fingerprint density at radius 2 is 1.45 bits per heavy atom. The highest BCUT2D eigenvalue weighted by atomic mass is 16.4. The van der Waals surface area contributed by atoms with E-state index in [1.807, 2.05) is 0 Å². The minimum atomic E-state index is -0.946. The normalized spacial score (nSPS) is 11.3. The average Bonchev–Trinajstić information content (AvgIpc) is 2.50. The van der Waals surface area contributed by atoms with Gasteiger partial charge in [0.15, 0.2) is 0 Å². The van der Waals surface area contributed by atoms with Gasteiger partial charge in [-0.1, -0.05) is 56.2 Å². The Morgan fingerprint density at radius 1 is 0.864 bits per heavy atom. The van der Waals surface area contributed by atoms with Crippen LogP contribution in [0.25, 0.3) is 0 Å². The van der Waals surface area contributed by atoms with Crippen LogP contribution in [0.5, 0.6) is 0 Å². The van der Waals surface area contributed by atoms with Gasteiger partial charge < -0.3 is 5.11 Å². The predicted molar refractivity (Wildman–Crippen MR) is 94.9 cm³/mol. The van der Waals surface area contributed by atoms with E-state index in [4.69, 9.17) is 5.11 Å². The first-order valence-electron chi connectivity index (χ1n) is 8.36. The zero-order valence-corrected chi connectivity index (χ0v) is 13.8. The molecule has 22 heavy (non-hydrogen) atoms. The van der Waals surface area contributed by atoms with Crippen LogP contribution in [0.2, 0.25) is 0 Å². The zero-order chi connectivity index (χ0) is 16.3. The molecule has 0 aromatic rings. The summed E-state index contributed by atoms with van der Waals surface area (Å²) >= 11 is 0. The lowest BCUT2D eigenvalue weighted by molar-refractivity contribution is -0.131. The largest absolute Gasteiger partial charge is 0.478 e. The van der Waals surface area contributed by atoms with E-state index >= 15 is 0 Å². The number of hydrogen-bond acceptors (Lipinski definition) is 1.